The van der Waals surface area contributed by atoms with E-state index in [1.54, 1.807) is 30.3 Å². The maximum Gasteiger partial charge on any atom is 0.266 e. The summed E-state index contributed by atoms with van der Waals surface area (Å²) < 4.78 is 21.4. The van der Waals surface area contributed by atoms with E-state index in [-0.39, 0.29) is 19.0 Å². The maximum atomic E-state index is 10.5. The molecule has 4 rings (SSSR count). The van der Waals surface area contributed by atoms with Gasteiger partial charge >= 0.3 is 0 Å². The minimum absolute atomic E-state index is 0.00585. The predicted octanol–water partition coefficient (Wildman–Crippen LogP) is 4.09. The SMILES string of the molecule is CC.CCC.COc1cccc(C2CC(N)(O)Oc3cc4c(cc32)OCO4)c1O. The Bertz CT molecular complexity index is 821. The first-order valence-electron chi connectivity index (χ1n) is 9.89. The van der Waals surface area contributed by atoms with Crippen LogP contribution in [0.25, 0.3) is 0 Å². The Kier molecular flexibility index (Phi) is 7.59. The molecule has 2 aromatic rings. The number of nitrogens with two attached hydrogens (primary N) is 1. The van der Waals surface area contributed by atoms with Gasteiger partial charge in [-0.25, -0.2) is 0 Å². The number of hydrogen-bond donors (Lipinski definition) is 3. The van der Waals surface area contributed by atoms with Crippen LogP contribution in [0.15, 0.2) is 30.3 Å². The summed E-state index contributed by atoms with van der Waals surface area (Å²) in [7, 11) is 1.48. The maximum absolute atomic E-state index is 10.5. The van der Waals surface area contributed by atoms with Crippen LogP contribution in [0, 0.1) is 0 Å². The molecule has 2 aliphatic rings. The molecule has 2 unspecified atom stereocenters. The van der Waals surface area contributed by atoms with Crippen LogP contribution in [0.2, 0.25) is 0 Å². The Morgan fingerprint density at radius 1 is 1.10 bits per heavy atom. The van der Waals surface area contributed by atoms with E-state index in [2.05, 4.69) is 13.8 Å². The number of ether oxygens (including phenoxy) is 4. The van der Waals surface area contributed by atoms with Gasteiger partial charge < -0.3 is 29.2 Å². The first kappa shape index (κ1) is 22.6. The number of methoxy groups -OCH3 is 1. The van der Waals surface area contributed by atoms with Gasteiger partial charge in [0.1, 0.15) is 5.75 Å². The fourth-order valence-electron chi connectivity index (χ4n) is 3.20. The quantitative estimate of drug-likeness (QED) is 0.647. The molecule has 2 atom stereocenters. The standard InChI is InChI=1S/C17H17NO6.C3H8.C2H6/c1-21-12-4-2-3-9(16(12)19)11-7-17(18,20)24-13-6-15-14(5-10(11)13)22-8-23-15;1-3-2;1-2/h2-6,11,19-20H,7-8,18H2,1H3;3H2,1-2H3;1-2H3. The van der Waals surface area contributed by atoms with E-state index < -0.39 is 11.8 Å². The molecule has 0 bridgehead atoms. The largest absolute Gasteiger partial charge is 0.504 e. The summed E-state index contributed by atoms with van der Waals surface area (Å²) >= 11 is 0. The van der Waals surface area contributed by atoms with Crippen molar-refractivity contribution in [2.45, 2.75) is 52.4 Å². The Labute approximate surface area is 172 Å². The minimum Gasteiger partial charge on any atom is -0.504 e. The third kappa shape index (κ3) is 4.86. The number of phenols is 1. The fraction of sp³-hybridized carbons (Fsp3) is 0.455. The van der Waals surface area contributed by atoms with Crippen molar-refractivity contribution in [3.05, 3.63) is 41.5 Å². The van der Waals surface area contributed by atoms with Gasteiger partial charge in [-0.15, -0.1) is 0 Å². The summed E-state index contributed by atoms with van der Waals surface area (Å²) in [4.78, 5) is 0. The zero-order chi connectivity index (χ0) is 21.6. The van der Waals surface area contributed by atoms with Crippen molar-refractivity contribution < 1.29 is 29.2 Å². The lowest BCUT2D eigenvalue weighted by Crippen LogP contribution is -2.49. The van der Waals surface area contributed by atoms with Gasteiger partial charge in [0.25, 0.3) is 5.91 Å². The van der Waals surface area contributed by atoms with Crippen LogP contribution in [0.3, 0.4) is 0 Å². The molecule has 160 valence electrons. The molecule has 0 saturated heterocycles. The molecule has 2 aromatic carbocycles. The van der Waals surface area contributed by atoms with Crippen molar-refractivity contribution in [2.75, 3.05) is 13.9 Å². The van der Waals surface area contributed by atoms with Crippen LogP contribution in [0.4, 0.5) is 0 Å². The molecule has 0 amide bonds. The Hall–Kier alpha value is -2.64. The lowest BCUT2D eigenvalue weighted by molar-refractivity contribution is -0.148. The van der Waals surface area contributed by atoms with Gasteiger partial charge in [-0.3, -0.25) is 5.73 Å². The summed E-state index contributed by atoms with van der Waals surface area (Å²) in [5, 5.41) is 20.8. The van der Waals surface area contributed by atoms with Crippen LogP contribution >= 0.6 is 0 Å². The predicted molar refractivity (Wildman–Crippen MR) is 111 cm³/mol. The van der Waals surface area contributed by atoms with E-state index >= 15 is 0 Å². The zero-order valence-corrected chi connectivity index (χ0v) is 17.7. The number of benzene rings is 2. The van der Waals surface area contributed by atoms with Crippen molar-refractivity contribution in [2.24, 2.45) is 5.73 Å². The lowest BCUT2D eigenvalue weighted by atomic mass is 9.84. The number of phenolic OH excluding ortho intramolecular Hbond substituents is 1. The molecule has 0 spiro atoms. The van der Waals surface area contributed by atoms with Crippen LogP contribution in [0.5, 0.6) is 28.7 Å². The molecule has 2 heterocycles. The molecule has 0 aromatic heterocycles. The molecule has 0 radical (unpaired) electrons. The summed E-state index contributed by atoms with van der Waals surface area (Å²) in [5.41, 5.74) is 7.17. The highest BCUT2D eigenvalue weighted by Crippen LogP contribution is 2.50. The van der Waals surface area contributed by atoms with Crippen molar-refractivity contribution >= 4 is 0 Å². The molecule has 2 aliphatic heterocycles. The fourth-order valence-corrected chi connectivity index (χ4v) is 3.20. The molecule has 7 nitrogen and oxygen atoms in total. The lowest BCUT2D eigenvalue weighted by Gasteiger charge is -2.36. The third-order valence-corrected chi connectivity index (χ3v) is 4.29. The summed E-state index contributed by atoms with van der Waals surface area (Å²) in [6, 6.07) is 8.62. The van der Waals surface area contributed by atoms with Crippen LogP contribution in [-0.4, -0.2) is 30.0 Å². The number of fused-ring (bicyclic) bond motifs is 2. The topological polar surface area (TPSA) is 103 Å². The molecule has 0 aliphatic carbocycles. The molecular weight excluding hydrogens is 374 g/mol. The molecule has 0 fully saturated rings. The van der Waals surface area contributed by atoms with Crippen molar-refractivity contribution in [3.8, 4) is 28.7 Å². The first-order valence-corrected chi connectivity index (χ1v) is 9.89. The zero-order valence-electron chi connectivity index (χ0n) is 17.7. The molecule has 4 N–H and O–H groups in total. The van der Waals surface area contributed by atoms with Gasteiger partial charge in [0.15, 0.2) is 23.0 Å². The highest BCUT2D eigenvalue weighted by atomic mass is 16.7. The summed E-state index contributed by atoms with van der Waals surface area (Å²) in [5.74, 6) is -0.391. The van der Waals surface area contributed by atoms with Crippen LogP contribution in [-0.2, 0) is 0 Å². The van der Waals surface area contributed by atoms with Crippen LogP contribution in [0.1, 0.15) is 57.6 Å². The second-order valence-corrected chi connectivity index (χ2v) is 6.55. The second-order valence-electron chi connectivity index (χ2n) is 6.55. The van der Waals surface area contributed by atoms with Gasteiger partial charge in [0.05, 0.1) is 7.11 Å². The molecule has 29 heavy (non-hydrogen) atoms. The Morgan fingerprint density at radius 2 is 1.72 bits per heavy atom. The number of rotatable bonds is 2. The molecular formula is C22H31NO6. The number of para-hydroxylation sites is 1. The average molecular weight is 405 g/mol. The monoisotopic (exact) mass is 405 g/mol. The van der Waals surface area contributed by atoms with Gasteiger partial charge in [-0.05, 0) is 12.1 Å². The van der Waals surface area contributed by atoms with E-state index in [0.717, 1.165) is 5.56 Å². The molecule has 7 heteroatoms. The van der Waals surface area contributed by atoms with E-state index in [9.17, 15) is 10.2 Å². The van der Waals surface area contributed by atoms with E-state index in [1.165, 1.54) is 13.5 Å². The number of aromatic hydroxyl groups is 1. The Balaban J connectivity index is 0.000000551. The smallest absolute Gasteiger partial charge is 0.266 e. The van der Waals surface area contributed by atoms with Gasteiger partial charge in [-0.2, -0.15) is 0 Å². The van der Waals surface area contributed by atoms with Crippen molar-refractivity contribution in [1.82, 2.24) is 0 Å². The average Bonchev–Trinajstić information content (AvgIpc) is 3.15. The van der Waals surface area contributed by atoms with Crippen molar-refractivity contribution in [3.63, 3.8) is 0 Å². The normalized spacial score (nSPS) is 20.9. The van der Waals surface area contributed by atoms with Gasteiger partial charge in [0, 0.05) is 29.5 Å². The van der Waals surface area contributed by atoms with Crippen molar-refractivity contribution in [1.29, 1.82) is 0 Å². The van der Waals surface area contributed by atoms with Crippen LogP contribution < -0.4 is 24.7 Å². The van der Waals surface area contributed by atoms with Gasteiger partial charge in [-0.1, -0.05) is 46.2 Å². The number of aliphatic hydroxyl groups is 1. The van der Waals surface area contributed by atoms with Gasteiger partial charge in [0.2, 0.25) is 6.79 Å². The number of hydrogen-bond acceptors (Lipinski definition) is 7. The minimum atomic E-state index is -1.86. The highest BCUT2D eigenvalue weighted by Gasteiger charge is 2.40. The first-order chi connectivity index (χ1) is 13.9. The highest BCUT2D eigenvalue weighted by molar-refractivity contribution is 5.58. The summed E-state index contributed by atoms with van der Waals surface area (Å²) in [6.07, 6.45) is 1.32. The third-order valence-electron chi connectivity index (χ3n) is 4.29. The van der Waals surface area contributed by atoms with E-state index in [0.29, 0.717) is 28.6 Å². The van der Waals surface area contributed by atoms with E-state index in [1.807, 2.05) is 13.8 Å². The molecule has 0 saturated carbocycles. The Morgan fingerprint density at radius 3 is 2.34 bits per heavy atom. The summed E-state index contributed by atoms with van der Waals surface area (Å²) in [6.45, 7) is 8.38. The van der Waals surface area contributed by atoms with E-state index in [4.69, 9.17) is 24.7 Å². The second kappa shape index (κ2) is 9.71.